The Labute approximate surface area is 120 Å². The highest BCUT2D eigenvalue weighted by molar-refractivity contribution is 8.04. The maximum atomic E-state index is 11.6. The molecule has 1 amide bonds. The lowest BCUT2D eigenvalue weighted by Crippen LogP contribution is -2.25. The normalized spacial score (nSPS) is 19.6. The van der Waals surface area contributed by atoms with Crippen LogP contribution in [0.4, 0.5) is 0 Å². The van der Waals surface area contributed by atoms with Crippen molar-refractivity contribution in [1.82, 2.24) is 5.32 Å². The van der Waals surface area contributed by atoms with Crippen molar-refractivity contribution in [2.24, 2.45) is 0 Å². The Kier molecular flexibility index (Phi) is 6.23. The second kappa shape index (κ2) is 7.68. The highest BCUT2D eigenvalue weighted by atomic mass is 32.2. The number of rotatable bonds is 6. The molecule has 0 aromatic carbocycles. The predicted molar refractivity (Wildman–Crippen MR) is 70.5 cm³/mol. The number of ketones is 1. The molecule has 1 rings (SSSR count). The third-order valence-corrected chi connectivity index (χ3v) is 3.34. The lowest BCUT2D eigenvalue weighted by atomic mass is 10.3. The van der Waals surface area contributed by atoms with Crippen LogP contribution in [0.3, 0.4) is 0 Å². The fraction of sp³-hybridized carbons (Fsp3) is 0.500. The van der Waals surface area contributed by atoms with E-state index in [4.69, 9.17) is 4.74 Å². The average Bonchev–Trinajstić information content (AvgIpc) is 2.70. The maximum Gasteiger partial charge on any atom is 0.379 e. The minimum atomic E-state index is -0.983. The van der Waals surface area contributed by atoms with Crippen LogP contribution >= 0.6 is 11.8 Å². The van der Waals surface area contributed by atoms with E-state index in [9.17, 15) is 19.2 Å². The summed E-state index contributed by atoms with van der Waals surface area (Å²) >= 11 is 1.01. The first-order valence-electron chi connectivity index (χ1n) is 6.03. The topological polar surface area (TPSA) is 98.8 Å². The summed E-state index contributed by atoms with van der Waals surface area (Å²) in [6.07, 6.45) is 0.904. The summed E-state index contributed by atoms with van der Waals surface area (Å²) < 4.78 is 9.28. The van der Waals surface area contributed by atoms with E-state index in [2.05, 4.69) is 10.1 Å². The second-order valence-electron chi connectivity index (χ2n) is 3.70. The molecule has 0 aromatic heterocycles. The van der Waals surface area contributed by atoms with E-state index >= 15 is 0 Å². The van der Waals surface area contributed by atoms with E-state index < -0.39 is 28.9 Å². The van der Waals surface area contributed by atoms with Gasteiger partial charge in [-0.25, -0.2) is 4.79 Å². The molecule has 0 aromatic rings. The SMILES string of the molecule is CCOC(=O)CC1S/C(=C\C(=O)C(=O)OCC)NC1=O. The standard InChI is InChI=1S/C12H15NO6S/c1-3-18-10(15)6-8-11(16)13-9(20-8)5-7(14)12(17)19-4-2/h5,8H,3-4,6H2,1-2H3,(H,13,16)/b9-5-. The van der Waals surface area contributed by atoms with Crippen molar-refractivity contribution in [2.75, 3.05) is 13.2 Å². The number of thioether (sulfide) groups is 1. The molecule has 0 radical (unpaired) electrons. The molecule has 0 spiro atoms. The van der Waals surface area contributed by atoms with Gasteiger partial charge in [0.25, 0.3) is 5.78 Å². The van der Waals surface area contributed by atoms with Crippen molar-refractivity contribution in [1.29, 1.82) is 0 Å². The number of carbonyl (C=O) groups excluding carboxylic acids is 4. The summed E-state index contributed by atoms with van der Waals surface area (Å²) in [5.74, 6) is -2.72. The lowest BCUT2D eigenvalue weighted by Gasteiger charge is -2.04. The van der Waals surface area contributed by atoms with E-state index in [-0.39, 0.29) is 24.7 Å². The largest absolute Gasteiger partial charge is 0.466 e. The number of hydrogen-bond donors (Lipinski definition) is 1. The molecule has 1 unspecified atom stereocenters. The summed E-state index contributed by atoms with van der Waals surface area (Å²) in [5.41, 5.74) is 0. The van der Waals surface area contributed by atoms with Crippen molar-refractivity contribution < 1.29 is 28.7 Å². The number of ether oxygens (including phenoxy) is 2. The van der Waals surface area contributed by atoms with Crippen LogP contribution in [0.1, 0.15) is 20.3 Å². The van der Waals surface area contributed by atoms with Crippen LogP contribution in [0.2, 0.25) is 0 Å². The van der Waals surface area contributed by atoms with Crippen LogP contribution in [0.15, 0.2) is 11.1 Å². The average molecular weight is 301 g/mol. The first-order chi connectivity index (χ1) is 9.47. The lowest BCUT2D eigenvalue weighted by molar-refractivity contribution is -0.151. The maximum absolute atomic E-state index is 11.6. The van der Waals surface area contributed by atoms with Crippen LogP contribution in [-0.2, 0) is 28.7 Å². The summed E-state index contributed by atoms with van der Waals surface area (Å²) in [4.78, 5) is 45.4. The summed E-state index contributed by atoms with van der Waals surface area (Å²) in [6.45, 7) is 3.59. The van der Waals surface area contributed by atoms with E-state index in [1.165, 1.54) is 0 Å². The van der Waals surface area contributed by atoms with Gasteiger partial charge in [0.05, 0.1) is 24.7 Å². The number of carbonyl (C=O) groups is 4. The Hall–Kier alpha value is -1.83. The molecular weight excluding hydrogens is 286 g/mol. The highest BCUT2D eigenvalue weighted by Crippen LogP contribution is 2.29. The molecule has 8 heteroatoms. The van der Waals surface area contributed by atoms with Crippen molar-refractivity contribution >= 4 is 35.4 Å². The molecule has 0 saturated carbocycles. The molecule has 20 heavy (non-hydrogen) atoms. The van der Waals surface area contributed by atoms with Crippen molar-refractivity contribution in [3.05, 3.63) is 11.1 Å². The van der Waals surface area contributed by atoms with E-state index in [0.717, 1.165) is 17.8 Å². The zero-order valence-corrected chi connectivity index (χ0v) is 12.0. The van der Waals surface area contributed by atoms with E-state index in [1.807, 2.05) is 0 Å². The number of esters is 2. The molecule has 1 heterocycles. The Bertz CT molecular complexity index is 459. The minimum absolute atomic E-state index is 0.0880. The Morgan fingerprint density at radius 3 is 2.50 bits per heavy atom. The summed E-state index contributed by atoms with van der Waals surface area (Å²) in [5, 5.41) is 2.00. The van der Waals surface area contributed by atoms with E-state index in [1.54, 1.807) is 13.8 Å². The predicted octanol–water partition coefficient (Wildman–Crippen LogP) is 0.145. The van der Waals surface area contributed by atoms with Gasteiger partial charge < -0.3 is 14.8 Å². The highest BCUT2D eigenvalue weighted by Gasteiger charge is 2.32. The zero-order chi connectivity index (χ0) is 15.1. The molecule has 1 aliphatic rings. The van der Waals surface area contributed by atoms with Crippen LogP contribution in [0, 0.1) is 0 Å². The van der Waals surface area contributed by atoms with Gasteiger partial charge in [-0.05, 0) is 13.8 Å². The molecule has 1 atom stereocenters. The zero-order valence-electron chi connectivity index (χ0n) is 11.1. The van der Waals surface area contributed by atoms with Gasteiger partial charge in [-0.2, -0.15) is 0 Å². The van der Waals surface area contributed by atoms with Crippen LogP contribution in [-0.4, -0.2) is 42.1 Å². The molecular formula is C12H15NO6S. The van der Waals surface area contributed by atoms with Gasteiger partial charge in [0, 0.05) is 6.08 Å². The van der Waals surface area contributed by atoms with Crippen LogP contribution in [0.25, 0.3) is 0 Å². The first kappa shape index (κ1) is 16.2. The number of amides is 1. The Balaban J connectivity index is 2.60. The Morgan fingerprint density at radius 1 is 1.25 bits per heavy atom. The molecule has 0 bridgehead atoms. The second-order valence-corrected chi connectivity index (χ2v) is 4.94. The van der Waals surface area contributed by atoms with Gasteiger partial charge in [0.15, 0.2) is 0 Å². The third-order valence-electron chi connectivity index (χ3n) is 2.20. The van der Waals surface area contributed by atoms with Gasteiger partial charge in [-0.1, -0.05) is 11.8 Å². The van der Waals surface area contributed by atoms with E-state index in [0.29, 0.717) is 0 Å². The summed E-state index contributed by atoms with van der Waals surface area (Å²) in [6, 6.07) is 0. The Morgan fingerprint density at radius 2 is 1.90 bits per heavy atom. The minimum Gasteiger partial charge on any atom is -0.466 e. The molecule has 1 aliphatic heterocycles. The van der Waals surface area contributed by atoms with Crippen molar-refractivity contribution in [3.63, 3.8) is 0 Å². The van der Waals surface area contributed by atoms with Crippen LogP contribution in [0.5, 0.6) is 0 Å². The van der Waals surface area contributed by atoms with Gasteiger partial charge in [0.2, 0.25) is 5.91 Å². The fourth-order valence-corrected chi connectivity index (χ4v) is 2.42. The number of hydrogen-bond acceptors (Lipinski definition) is 7. The smallest absolute Gasteiger partial charge is 0.379 e. The van der Waals surface area contributed by atoms with Gasteiger partial charge in [-0.15, -0.1) is 0 Å². The summed E-state index contributed by atoms with van der Waals surface area (Å²) in [7, 11) is 0. The van der Waals surface area contributed by atoms with Crippen molar-refractivity contribution in [3.8, 4) is 0 Å². The van der Waals surface area contributed by atoms with Gasteiger partial charge in [-0.3, -0.25) is 14.4 Å². The quantitative estimate of drug-likeness (QED) is 0.423. The molecule has 7 nitrogen and oxygen atoms in total. The van der Waals surface area contributed by atoms with Crippen molar-refractivity contribution in [2.45, 2.75) is 25.5 Å². The molecule has 1 N–H and O–H groups in total. The van der Waals surface area contributed by atoms with Gasteiger partial charge >= 0.3 is 11.9 Å². The van der Waals surface area contributed by atoms with Gasteiger partial charge in [0.1, 0.15) is 5.25 Å². The first-order valence-corrected chi connectivity index (χ1v) is 6.91. The number of nitrogens with one attached hydrogen (secondary N) is 1. The third kappa shape index (κ3) is 4.69. The molecule has 1 fully saturated rings. The molecule has 1 saturated heterocycles. The monoisotopic (exact) mass is 301 g/mol. The fourth-order valence-electron chi connectivity index (χ4n) is 1.39. The molecule has 110 valence electrons. The van der Waals surface area contributed by atoms with Crippen LogP contribution < -0.4 is 5.32 Å². The molecule has 0 aliphatic carbocycles.